The standard InChI is InChI=1S/C14H25N3O2/c1-12(2)17-8-3-13(15-17)11-16-6-4-14(5-7-16)19-10-9-18/h3,8,12,14,18H,4-7,9-11H2,1-2H3. The summed E-state index contributed by atoms with van der Waals surface area (Å²) in [6.45, 7) is 7.87. The van der Waals surface area contributed by atoms with E-state index in [2.05, 4.69) is 36.1 Å². The van der Waals surface area contributed by atoms with Crippen LogP contribution in [0.1, 0.15) is 38.4 Å². The van der Waals surface area contributed by atoms with Crippen LogP contribution in [-0.2, 0) is 11.3 Å². The highest BCUT2D eigenvalue weighted by Gasteiger charge is 2.20. The minimum Gasteiger partial charge on any atom is -0.394 e. The van der Waals surface area contributed by atoms with Gasteiger partial charge < -0.3 is 9.84 Å². The van der Waals surface area contributed by atoms with Crippen molar-refractivity contribution in [3.05, 3.63) is 18.0 Å². The Morgan fingerprint density at radius 1 is 1.42 bits per heavy atom. The number of piperidine rings is 1. The van der Waals surface area contributed by atoms with Crippen molar-refractivity contribution in [2.24, 2.45) is 0 Å². The lowest BCUT2D eigenvalue weighted by Crippen LogP contribution is -2.37. The number of rotatable bonds is 6. The van der Waals surface area contributed by atoms with E-state index in [9.17, 15) is 0 Å². The van der Waals surface area contributed by atoms with Gasteiger partial charge in [0.2, 0.25) is 0 Å². The lowest BCUT2D eigenvalue weighted by atomic mass is 10.1. The van der Waals surface area contributed by atoms with Crippen LogP contribution in [0.2, 0.25) is 0 Å². The first kappa shape index (κ1) is 14.5. The second kappa shape index (κ2) is 7.03. The second-order valence-electron chi connectivity index (χ2n) is 5.45. The van der Waals surface area contributed by atoms with Gasteiger partial charge in [-0.1, -0.05) is 0 Å². The zero-order valence-electron chi connectivity index (χ0n) is 12.0. The number of ether oxygens (including phenoxy) is 1. The second-order valence-corrected chi connectivity index (χ2v) is 5.45. The van der Waals surface area contributed by atoms with Crippen LogP contribution < -0.4 is 0 Å². The molecule has 108 valence electrons. The Balaban J connectivity index is 1.75. The van der Waals surface area contributed by atoms with Gasteiger partial charge in [-0.3, -0.25) is 9.58 Å². The van der Waals surface area contributed by atoms with E-state index in [1.807, 2.05) is 4.68 Å². The van der Waals surface area contributed by atoms with Crippen molar-refractivity contribution in [1.29, 1.82) is 0 Å². The van der Waals surface area contributed by atoms with E-state index in [1.54, 1.807) is 0 Å². The van der Waals surface area contributed by atoms with Gasteiger partial charge in [0.05, 0.1) is 25.0 Å². The van der Waals surface area contributed by atoms with Gasteiger partial charge in [0.1, 0.15) is 0 Å². The van der Waals surface area contributed by atoms with E-state index in [4.69, 9.17) is 9.84 Å². The van der Waals surface area contributed by atoms with Crippen LogP contribution in [0.5, 0.6) is 0 Å². The Bertz CT molecular complexity index is 371. The maximum atomic E-state index is 8.74. The third-order valence-electron chi connectivity index (χ3n) is 3.56. The van der Waals surface area contributed by atoms with Crippen molar-refractivity contribution in [2.75, 3.05) is 26.3 Å². The molecule has 0 aliphatic carbocycles. The van der Waals surface area contributed by atoms with E-state index < -0.39 is 0 Å². The molecule has 0 bridgehead atoms. The molecule has 0 radical (unpaired) electrons. The molecule has 0 atom stereocenters. The number of hydrogen-bond donors (Lipinski definition) is 1. The molecule has 1 aromatic rings. The quantitative estimate of drug-likeness (QED) is 0.847. The Hall–Kier alpha value is -0.910. The fourth-order valence-electron chi connectivity index (χ4n) is 2.43. The van der Waals surface area contributed by atoms with Crippen molar-refractivity contribution < 1.29 is 9.84 Å². The smallest absolute Gasteiger partial charge is 0.0764 e. The van der Waals surface area contributed by atoms with Crippen molar-refractivity contribution in [3.8, 4) is 0 Å². The molecule has 2 heterocycles. The molecule has 1 aliphatic rings. The predicted octanol–water partition coefficient (Wildman–Crippen LogP) is 1.44. The van der Waals surface area contributed by atoms with Crippen molar-refractivity contribution in [3.63, 3.8) is 0 Å². The fraction of sp³-hybridized carbons (Fsp3) is 0.786. The van der Waals surface area contributed by atoms with Gasteiger partial charge >= 0.3 is 0 Å². The first-order valence-corrected chi connectivity index (χ1v) is 7.18. The summed E-state index contributed by atoms with van der Waals surface area (Å²) in [6.07, 6.45) is 4.46. The Morgan fingerprint density at radius 2 is 2.16 bits per heavy atom. The van der Waals surface area contributed by atoms with Gasteiger partial charge in [0.15, 0.2) is 0 Å². The summed E-state index contributed by atoms with van der Waals surface area (Å²) in [6, 6.07) is 2.53. The molecule has 1 fully saturated rings. The number of likely N-dealkylation sites (tertiary alicyclic amines) is 1. The van der Waals surface area contributed by atoms with Crippen LogP contribution in [0.15, 0.2) is 12.3 Å². The van der Waals surface area contributed by atoms with Gasteiger partial charge in [0.25, 0.3) is 0 Å². The van der Waals surface area contributed by atoms with Crippen LogP contribution >= 0.6 is 0 Å². The monoisotopic (exact) mass is 267 g/mol. The summed E-state index contributed by atoms with van der Waals surface area (Å²) < 4.78 is 7.58. The van der Waals surface area contributed by atoms with E-state index in [1.165, 1.54) is 0 Å². The van der Waals surface area contributed by atoms with Crippen molar-refractivity contribution in [2.45, 2.75) is 45.4 Å². The molecule has 0 saturated carbocycles. The zero-order valence-corrected chi connectivity index (χ0v) is 12.0. The average molecular weight is 267 g/mol. The van der Waals surface area contributed by atoms with Crippen molar-refractivity contribution >= 4 is 0 Å². The third kappa shape index (κ3) is 4.30. The summed E-state index contributed by atoms with van der Waals surface area (Å²) >= 11 is 0. The average Bonchev–Trinajstić information content (AvgIpc) is 2.87. The van der Waals surface area contributed by atoms with E-state index in [0.29, 0.717) is 18.8 Å². The highest BCUT2D eigenvalue weighted by Crippen LogP contribution is 2.16. The van der Waals surface area contributed by atoms with Gasteiger partial charge in [-0.2, -0.15) is 5.10 Å². The maximum Gasteiger partial charge on any atom is 0.0764 e. The Labute approximate surface area is 115 Å². The molecule has 19 heavy (non-hydrogen) atoms. The summed E-state index contributed by atoms with van der Waals surface area (Å²) in [5.41, 5.74) is 1.14. The summed E-state index contributed by atoms with van der Waals surface area (Å²) in [5, 5.41) is 13.3. The molecule has 1 saturated heterocycles. The fourth-order valence-corrected chi connectivity index (χ4v) is 2.43. The number of hydrogen-bond acceptors (Lipinski definition) is 4. The van der Waals surface area contributed by atoms with Gasteiger partial charge in [-0.15, -0.1) is 0 Å². The molecule has 1 N–H and O–H groups in total. The van der Waals surface area contributed by atoms with Crippen LogP contribution in [0.4, 0.5) is 0 Å². The topological polar surface area (TPSA) is 50.5 Å². The highest BCUT2D eigenvalue weighted by molar-refractivity contribution is 4.99. The molecule has 0 amide bonds. The maximum absolute atomic E-state index is 8.74. The number of aromatic nitrogens is 2. The number of nitrogens with zero attached hydrogens (tertiary/aromatic N) is 3. The molecule has 0 unspecified atom stereocenters. The largest absolute Gasteiger partial charge is 0.394 e. The normalized spacial score (nSPS) is 18.3. The molecule has 0 aromatic carbocycles. The van der Waals surface area contributed by atoms with Gasteiger partial charge in [0, 0.05) is 31.9 Å². The lowest BCUT2D eigenvalue weighted by Gasteiger charge is -2.31. The van der Waals surface area contributed by atoms with E-state index >= 15 is 0 Å². The van der Waals surface area contributed by atoms with Crippen LogP contribution in [0.3, 0.4) is 0 Å². The first-order chi connectivity index (χ1) is 9.19. The Kier molecular flexibility index (Phi) is 5.36. The molecule has 0 spiro atoms. The molecule has 2 rings (SSSR count). The summed E-state index contributed by atoms with van der Waals surface area (Å²) in [5.74, 6) is 0. The Morgan fingerprint density at radius 3 is 2.74 bits per heavy atom. The van der Waals surface area contributed by atoms with Crippen LogP contribution in [-0.4, -0.2) is 52.2 Å². The highest BCUT2D eigenvalue weighted by atomic mass is 16.5. The molecule has 1 aliphatic heterocycles. The van der Waals surface area contributed by atoms with E-state index in [-0.39, 0.29) is 6.61 Å². The van der Waals surface area contributed by atoms with Gasteiger partial charge in [-0.25, -0.2) is 0 Å². The molecule has 5 nitrogen and oxygen atoms in total. The van der Waals surface area contributed by atoms with Crippen molar-refractivity contribution in [1.82, 2.24) is 14.7 Å². The summed E-state index contributed by atoms with van der Waals surface area (Å²) in [7, 11) is 0. The zero-order chi connectivity index (χ0) is 13.7. The van der Waals surface area contributed by atoms with E-state index in [0.717, 1.165) is 38.2 Å². The first-order valence-electron chi connectivity index (χ1n) is 7.18. The molecular weight excluding hydrogens is 242 g/mol. The van der Waals surface area contributed by atoms with Gasteiger partial charge in [-0.05, 0) is 32.8 Å². The summed E-state index contributed by atoms with van der Waals surface area (Å²) in [4.78, 5) is 2.42. The lowest BCUT2D eigenvalue weighted by molar-refractivity contribution is -0.00921. The van der Waals surface area contributed by atoms with Crippen LogP contribution in [0, 0.1) is 0 Å². The van der Waals surface area contributed by atoms with Crippen LogP contribution in [0.25, 0.3) is 0 Å². The molecular formula is C14H25N3O2. The minimum absolute atomic E-state index is 0.118. The molecule has 5 heteroatoms. The SMILES string of the molecule is CC(C)n1ccc(CN2CCC(OCCO)CC2)n1. The minimum atomic E-state index is 0.118. The number of aliphatic hydroxyl groups excluding tert-OH is 1. The third-order valence-corrected chi connectivity index (χ3v) is 3.56. The predicted molar refractivity (Wildman–Crippen MR) is 73.9 cm³/mol. The number of aliphatic hydroxyl groups is 1. The molecule has 1 aromatic heterocycles.